The Labute approximate surface area is 122 Å². The van der Waals surface area contributed by atoms with E-state index in [9.17, 15) is 4.79 Å². The van der Waals surface area contributed by atoms with Crippen molar-refractivity contribution in [3.63, 3.8) is 0 Å². The predicted octanol–water partition coefficient (Wildman–Crippen LogP) is 1.70. The topological polar surface area (TPSA) is 70.1 Å². The first-order valence-corrected chi connectivity index (χ1v) is 7.69. The molecule has 0 saturated heterocycles. The second-order valence-electron chi connectivity index (χ2n) is 4.46. The van der Waals surface area contributed by atoms with Crippen LogP contribution in [0.1, 0.15) is 12.6 Å². The molecule has 0 spiro atoms. The summed E-state index contributed by atoms with van der Waals surface area (Å²) in [7, 11) is 1.93. The third kappa shape index (κ3) is 3.32. The molecule has 1 atom stereocenters. The zero-order valence-electron chi connectivity index (χ0n) is 11.7. The molecule has 0 radical (unpaired) electrons. The van der Waals surface area contributed by atoms with E-state index in [0.717, 1.165) is 22.3 Å². The number of nitrogens with two attached hydrogens (primary N) is 1. The van der Waals surface area contributed by atoms with Crippen LogP contribution in [0.15, 0.2) is 24.3 Å². The molecule has 0 amide bonds. The minimum Gasteiger partial charge on any atom is -0.465 e. The minimum absolute atomic E-state index is 0.342. The highest BCUT2D eigenvalue weighted by Crippen LogP contribution is 2.21. The van der Waals surface area contributed by atoms with Crippen LogP contribution in [0.2, 0.25) is 0 Å². The molecule has 2 aromatic rings. The van der Waals surface area contributed by atoms with Crippen LogP contribution in [0.5, 0.6) is 0 Å². The number of rotatable bonds is 6. The number of esters is 1. The van der Waals surface area contributed by atoms with Crippen LogP contribution in [-0.4, -0.2) is 34.2 Å². The van der Waals surface area contributed by atoms with Crippen molar-refractivity contribution < 1.29 is 9.53 Å². The number of carbonyl (C=O) groups is 1. The first-order chi connectivity index (χ1) is 9.63. The SMILES string of the molecule is CCOC(=O)C(N)CSCc1nn(C)c2ccccc12. The van der Waals surface area contributed by atoms with Gasteiger partial charge < -0.3 is 10.5 Å². The lowest BCUT2D eigenvalue weighted by Gasteiger charge is -2.09. The summed E-state index contributed by atoms with van der Waals surface area (Å²) in [6, 6.07) is 7.53. The molecule has 108 valence electrons. The van der Waals surface area contributed by atoms with Gasteiger partial charge in [0.1, 0.15) is 6.04 Å². The Kier molecular flexibility index (Phi) is 5.03. The molecule has 5 nitrogen and oxygen atoms in total. The van der Waals surface area contributed by atoms with Gasteiger partial charge in [-0.15, -0.1) is 0 Å². The van der Waals surface area contributed by atoms with Crippen molar-refractivity contribution in [2.24, 2.45) is 12.8 Å². The molecule has 1 unspecified atom stereocenters. The molecule has 0 bridgehead atoms. The second kappa shape index (κ2) is 6.76. The highest BCUT2D eigenvalue weighted by Gasteiger charge is 2.15. The first kappa shape index (κ1) is 14.9. The summed E-state index contributed by atoms with van der Waals surface area (Å²) in [6.07, 6.45) is 0. The zero-order valence-corrected chi connectivity index (χ0v) is 12.5. The Bertz CT molecular complexity index is 597. The normalized spacial score (nSPS) is 12.6. The molecule has 0 aliphatic rings. The maximum atomic E-state index is 11.4. The fraction of sp³-hybridized carbons (Fsp3) is 0.429. The van der Waals surface area contributed by atoms with E-state index >= 15 is 0 Å². The molecular formula is C14H19N3O2S. The molecule has 1 aromatic heterocycles. The van der Waals surface area contributed by atoms with Gasteiger partial charge in [0.25, 0.3) is 0 Å². The third-order valence-corrected chi connectivity index (χ3v) is 4.03. The molecule has 0 aliphatic heterocycles. The Morgan fingerprint density at radius 1 is 1.50 bits per heavy atom. The van der Waals surface area contributed by atoms with Crippen molar-refractivity contribution in [2.75, 3.05) is 12.4 Å². The van der Waals surface area contributed by atoms with Gasteiger partial charge in [0.15, 0.2) is 0 Å². The summed E-state index contributed by atoms with van der Waals surface area (Å²) in [5.41, 5.74) is 7.89. The van der Waals surface area contributed by atoms with Crippen LogP contribution in [0.25, 0.3) is 10.9 Å². The van der Waals surface area contributed by atoms with Crippen LogP contribution < -0.4 is 5.73 Å². The van der Waals surface area contributed by atoms with E-state index in [4.69, 9.17) is 10.5 Å². The largest absolute Gasteiger partial charge is 0.465 e. The van der Waals surface area contributed by atoms with Crippen molar-refractivity contribution in [1.29, 1.82) is 0 Å². The van der Waals surface area contributed by atoms with Crippen molar-refractivity contribution in [1.82, 2.24) is 9.78 Å². The minimum atomic E-state index is -0.574. The molecule has 2 N–H and O–H groups in total. The number of nitrogens with zero attached hydrogens (tertiary/aromatic N) is 2. The van der Waals surface area contributed by atoms with Gasteiger partial charge in [0.05, 0.1) is 17.8 Å². The summed E-state index contributed by atoms with van der Waals surface area (Å²) in [5.74, 6) is 0.920. The average Bonchev–Trinajstić information content (AvgIpc) is 2.76. The van der Waals surface area contributed by atoms with Gasteiger partial charge in [0.2, 0.25) is 0 Å². The van der Waals surface area contributed by atoms with E-state index in [1.54, 1.807) is 18.7 Å². The molecule has 1 heterocycles. The lowest BCUT2D eigenvalue weighted by atomic mass is 10.2. The van der Waals surface area contributed by atoms with Gasteiger partial charge in [-0.2, -0.15) is 16.9 Å². The van der Waals surface area contributed by atoms with Gasteiger partial charge in [-0.25, -0.2) is 0 Å². The Morgan fingerprint density at radius 2 is 2.25 bits per heavy atom. The third-order valence-electron chi connectivity index (χ3n) is 2.96. The number of aromatic nitrogens is 2. The summed E-state index contributed by atoms with van der Waals surface area (Å²) in [6.45, 7) is 2.14. The maximum absolute atomic E-state index is 11.4. The predicted molar refractivity (Wildman–Crippen MR) is 81.5 cm³/mol. The zero-order chi connectivity index (χ0) is 14.5. The quantitative estimate of drug-likeness (QED) is 0.821. The van der Waals surface area contributed by atoms with Crippen molar-refractivity contribution >= 4 is 28.6 Å². The van der Waals surface area contributed by atoms with Gasteiger partial charge in [-0.3, -0.25) is 9.48 Å². The number of hydrogen-bond acceptors (Lipinski definition) is 5. The first-order valence-electron chi connectivity index (χ1n) is 6.54. The van der Waals surface area contributed by atoms with Gasteiger partial charge in [-0.1, -0.05) is 18.2 Å². The van der Waals surface area contributed by atoms with Crippen LogP contribution in [0.3, 0.4) is 0 Å². The summed E-state index contributed by atoms with van der Waals surface area (Å²) in [5, 5.41) is 5.65. The number of thioether (sulfide) groups is 1. The van der Waals surface area contributed by atoms with Crippen molar-refractivity contribution in [2.45, 2.75) is 18.7 Å². The lowest BCUT2D eigenvalue weighted by molar-refractivity contribution is -0.144. The van der Waals surface area contributed by atoms with Crippen molar-refractivity contribution in [3.8, 4) is 0 Å². The number of aryl methyl sites for hydroxylation is 1. The molecule has 20 heavy (non-hydrogen) atoms. The van der Waals surface area contributed by atoms with Gasteiger partial charge in [-0.05, 0) is 13.0 Å². The number of benzene rings is 1. The maximum Gasteiger partial charge on any atom is 0.323 e. The van der Waals surface area contributed by atoms with E-state index in [1.165, 1.54) is 0 Å². The number of carbonyl (C=O) groups excluding carboxylic acids is 1. The summed E-state index contributed by atoms with van der Waals surface area (Å²) in [4.78, 5) is 11.4. The lowest BCUT2D eigenvalue weighted by Crippen LogP contribution is -2.34. The van der Waals surface area contributed by atoms with Crippen LogP contribution >= 0.6 is 11.8 Å². The molecule has 1 aromatic carbocycles. The molecule has 0 fully saturated rings. The van der Waals surface area contributed by atoms with E-state index in [2.05, 4.69) is 11.2 Å². The molecule has 0 saturated carbocycles. The summed E-state index contributed by atoms with van der Waals surface area (Å²) < 4.78 is 6.76. The number of ether oxygens (including phenoxy) is 1. The van der Waals surface area contributed by atoms with Gasteiger partial charge >= 0.3 is 5.97 Å². The standard InChI is InChI=1S/C14H19N3O2S/c1-3-19-14(18)11(15)8-20-9-12-10-6-4-5-7-13(10)17(2)16-12/h4-7,11H,3,8-9,15H2,1-2H3. The fourth-order valence-electron chi connectivity index (χ4n) is 2.00. The molecule has 2 rings (SSSR count). The highest BCUT2D eigenvalue weighted by molar-refractivity contribution is 7.98. The number of hydrogen-bond donors (Lipinski definition) is 1. The molecule has 6 heteroatoms. The molecule has 0 aliphatic carbocycles. The van der Waals surface area contributed by atoms with E-state index in [0.29, 0.717) is 12.4 Å². The van der Waals surface area contributed by atoms with Gasteiger partial charge in [0, 0.05) is 23.9 Å². The van der Waals surface area contributed by atoms with E-state index < -0.39 is 6.04 Å². The van der Waals surface area contributed by atoms with E-state index in [-0.39, 0.29) is 5.97 Å². The smallest absolute Gasteiger partial charge is 0.323 e. The molecular weight excluding hydrogens is 274 g/mol. The Morgan fingerprint density at radius 3 is 3.00 bits per heavy atom. The Hall–Kier alpha value is -1.53. The Balaban J connectivity index is 1.95. The second-order valence-corrected chi connectivity index (χ2v) is 5.49. The number of fused-ring (bicyclic) bond motifs is 1. The summed E-state index contributed by atoms with van der Waals surface area (Å²) >= 11 is 1.60. The van der Waals surface area contributed by atoms with Crippen LogP contribution in [0, 0.1) is 0 Å². The van der Waals surface area contributed by atoms with Crippen molar-refractivity contribution in [3.05, 3.63) is 30.0 Å². The van der Waals surface area contributed by atoms with Crippen LogP contribution in [0.4, 0.5) is 0 Å². The monoisotopic (exact) mass is 293 g/mol. The average molecular weight is 293 g/mol. The van der Waals surface area contributed by atoms with Crippen LogP contribution in [-0.2, 0) is 22.3 Å². The highest BCUT2D eigenvalue weighted by atomic mass is 32.2. The number of para-hydroxylation sites is 1. The van der Waals surface area contributed by atoms with E-state index in [1.807, 2.05) is 29.9 Å². The fourth-order valence-corrected chi connectivity index (χ4v) is 2.91.